The van der Waals surface area contributed by atoms with Gasteiger partial charge in [0.05, 0.1) is 4.90 Å². The summed E-state index contributed by atoms with van der Waals surface area (Å²) in [5.41, 5.74) is 2.83. The molecule has 2 aromatic rings. The van der Waals surface area contributed by atoms with Gasteiger partial charge in [0, 0.05) is 17.8 Å². The zero-order valence-electron chi connectivity index (χ0n) is 12.1. The molecule has 0 aliphatic carbocycles. The van der Waals surface area contributed by atoms with Gasteiger partial charge in [-0.25, -0.2) is 8.42 Å². The maximum Gasteiger partial charge on any atom is 0.261 e. The van der Waals surface area contributed by atoms with E-state index in [1.807, 2.05) is 6.92 Å². The summed E-state index contributed by atoms with van der Waals surface area (Å²) in [4.78, 5) is 12.0. The fraction of sp³-hybridized carbons (Fsp3) is 0.188. The summed E-state index contributed by atoms with van der Waals surface area (Å²) in [5.74, 6) is -0.169. The maximum atomic E-state index is 12.4. The van der Waals surface area contributed by atoms with Gasteiger partial charge in [-0.1, -0.05) is 23.8 Å². The molecule has 22 heavy (non-hydrogen) atoms. The number of nitrogens with one attached hydrogen (secondary N) is 2. The molecule has 0 bridgehead atoms. The van der Waals surface area contributed by atoms with Gasteiger partial charge in [0.25, 0.3) is 15.9 Å². The summed E-state index contributed by atoms with van der Waals surface area (Å²) in [5, 5.41) is 2.75. The molecule has 6 heteroatoms. The van der Waals surface area contributed by atoms with Crippen LogP contribution >= 0.6 is 0 Å². The van der Waals surface area contributed by atoms with Gasteiger partial charge in [-0.3, -0.25) is 9.52 Å². The Morgan fingerprint density at radius 1 is 1.09 bits per heavy atom. The monoisotopic (exact) mass is 316 g/mol. The second-order valence-electron chi connectivity index (χ2n) is 5.30. The number of hydrogen-bond donors (Lipinski definition) is 2. The number of aryl methyl sites for hydroxylation is 1. The van der Waals surface area contributed by atoms with E-state index in [4.69, 9.17) is 0 Å². The number of rotatable bonds is 3. The fourth-order valence-electron chi connectivity index (χ4n) is 2.41. The number of anilines is 1. The Kier molecular flexibility index (Phi) is 3.62. The predicted molar refractivity (Wildman–Crippen MR) is 84.5 cm³/mol. The first-order valence-electron chi connectivity index (χ1n) is 6.96. The Labute approximate surface area is 129 Å². The van der Waals surface area contributed by atoms with E-state index in [-0.39, 0.29) is 10.8 Å². The standard InChI is InChI=1S/C16H16N2O3S/c1-11-2-6-14(7-3-11)22(20,21)18-13-5-4-12-8-9-17-16(19)15(12)10-13/h2-7,10,18H,8-9H2,1H3,(H,17,19). The molecular formula is C16H16N2O3S. The number of carbonyl (C=O) groups is 1. The van der Waals surface area contributed by atoms with Crippen molar-refractivity contribution >= 4 is 21.6 Å². The van der Waals surface area contributed by atoms with Gasteiger partial charge in [0.2, 0.25) is 0 Å². The van der Waals surface area contributed by atoms with Gasteiger partial charge < -0.3 is 5.32 Å². The number of benzene rings is 2. The lowest BCUT2D eigenvalue weighted by molar-refractivity contribution is 0.0946. The molecule has 2 N–H and O–H groups in total. The summed E-state index contributed by atoms with van der Waals surface area (Å²) < 4.78 is 27.2. The van der Waals surface area contributed by atoms with E-state index < -0.39 is 10.0 Å². The van der Waals surface area contributed by atoms with E-state index in [0.29, 0.717) is 17.8 Å². The van der Waals surface area contributed by atoms with E-state index in [9.17, 15) is 13.2 Å². The third kappa shape index (κ3) is 2.82. The molecule has 1 aliphatic heterocycles. The van der Waals surface area contributed by atoms with E-state index >= 15 is 0 Å². The number of hydrogen-bond acceptors (Lipinski definition) is 3. The normalized spacial score (nSPS) is 14.1. The molecule has 0 saturated heterocycles. The number of carbonyl (C=O) groups excluding carboxylic acids is 1. The second kappa shape index (κ2) is 5.46. The van der Waals surface area contributed by atoms with Crippen molar-refractivity contribution in [1.82, 2.24) is 5.32 Å². The summed E-state index contributed by atoms with van der Waals surface area (Å²) in [6.07, 6.45) is 0.756. The van der Waals surface area contributed by atoms with E-state index in [1.165, 1.54) is 0 Å². The fourth-order valence-corrected chi connectivity index (χ4v) is 3.46. The van der Waals surface area contributed by atoms with Crippen LogP contribution in [0.1, 0.15) is 21.5 Å². The SMILES string of the molecule is Cc1ccc(S(=O)(=O)Nc2ccc3c(c2)C(=O)NCC3)cc1. The zero-order valence-corrected chi connectivity index (χ0v) is 12.9. The highest BCUT2D eigenvalue weighted by atomic mass is 32.2. The van der Waals surface area contributed by atoms with E-state index in [0.717, 1.165) is 17.5 Å². The van der Waals surface area contributed by atoms with Crippen LogP contribution in [0.2, 0.25) is 0 Å². The zero-order chi connectivity index (χ0) is 15.7. The predicted octanol–water partition coefficient (Wildman–Crippen LogP) is 2.08. The molecule has 0 radical (unpaired) electrons. The Balaban J connectivity index is 1.91. The van der Waals surface area contributed by atoms with Crippen molar-refractivity contribution < 1.29 is 13.2 Å². The molecule has 2 aromatic carbocycles. The molecule has 1 heterocycles. The third-order valence-electron chi connectivity index (χ3n) is 3.62. The molecule has 0 fully saturated rings. The van der Waals surface area contributed by atoms with Gasteiger partial charge in [-0.15, -0.1) is 0 Å². The molecule has 5 nitrogen and oxygen atoms in total. The quantitative estimate of drug-likeness (QED) is 0.910. The van der Waals surface area contributed by atoms with Crippen LogP contribution in [0.4, 0.5) is 5.69 Å². The van der Waals surface area contributed by atoms with Crippen LogP contribution in [0.25, 0.3) is 0 Å². The van der Waals surface area contributed by atoms with Crippen LogP contribution in [-0.2, 0) is 16.4 Å². The lowest BCUT2D eigenvalue weighted by Gasteiger charge is -2.17. The van der Waals surface area contributed by atoms with Crippen LogP contribution in [0, 0.1) is 6.92 Å². The maximum absolute atomic E-state index is 12.4. The molecule has 114 valence electrons. The Hall–Kier alpha value is -2.34. The molecule has 0 unspecified atom stereocenters. The van der Waals surface area contributed by atoms with Crippen molar-refractivity contribution in [2.75, 3.05) is 11.3 Å². The third-order valence-corrected chi connectivity index (χ3v) is 5.02. The second-order valence-corrected chi connectivity index (χ2v) is 6.98. The number of amides is 1. The number of sulfonamides is 1. The smallest absolute Gasteiger partial charge is 0.261 e. The van der Waals surface area contributed by atoms with Crippen LogP contribution < -0.4 is 10.0 Å². The van der Waals surface area contributed by atoms with Gasteiger partial charge in [0.15, 0.2) is 0 Å². The van der Waals surface area contributed by atoms with Gasteiger partial charge in [-0.05, 0) is 43.2 Å². The molecule has 0 aromatic heterocycles. The lowest BCUT2D eigenvalue weighted by Crippen LogP contribution is -2.31. The van der Waals surface area contributed by atoms with E-state index in [2.05, 4.69) is 10.0 Å². The largest absolute Gasteiger partial charge is 0.352 e. The Morgan fingerprint density at radius 3 is 2.55 bits per heavy atom. The highest BCUT2D eigenvalue weighted by molar-refractivity contribution is 7.92. The summed E-state index contributed by atoms with van der Waals surface area (Å²) in [7, 11) is -3.66. The summed E-state index contributed by atoms with van der Waals surface area (Å²) in [6.45, 7) is 2.51. The molecular weight excluding hydrogens is 300 g/mol. The Bertz CT molecular complexity index is 827. The summed E-state index contributed by atoms with van der Waals surface area (Å²) in [6, 6.07) is 11.7. The average Bonchev–Trinajstić information content (AvgIpc) is 2.48. The van der Waals surface area contributed by atoms with Gasteiger partial charge in [-0.2, -0.15) is 0 Å². The average molecular weight is 316 g/mol. The van der Waals surface area contributed by atoms with Crippen molar-refractivity contribution in [2.45, 2.75) is 18.2 Å². The highest BCUT2D eigenvalue weighted by Gasteiger charge is 2.19. The van der Waals surface area contributed by atoms with Crippen molar-refractivity contribution in [2.24, 2.45) is 0 Å². The first-order chi connectivity index (χ1) is 10.5. The van der Waals surface area contributed by atoms with Crippen LogP contribution in [0.15, 0.2) is 47.4 Å². The first kappa shape index (κ1) is 14.6. The molecule has 1 amide bonds. The molecule has 3 rings (SSSR count). The molecule has 0 saturated carbocycles. The molecule has 0 atom stereocenters. The molecule has 0 spiro atoms. The van der Waals surface area contributed by atoms with Crippen molar-refractivity contribution in [3.63, 3.8) is 0 Å². The van der Waals surface area contributed by atoms with Gasteiger partial charge >= 0.3 is 0 Å². The summed E-state index contributed by atoms with van der Waals surface area (Å²) >= 11 is 0. The number of fused-ring (bicyclic) bond motifs is 1. The van der Waals surface area contributed by atoms with E-state index in [1.54, 1.807) is 42.5 Å². The minimum absolute atomic E-state index is 0.169. The Morgan fingerprint density at radius 2 is 1.82 bits per heavy atom. The minimum Gasteiger partial charge on any atom is -0.352 e. The minimum atomic E-state index is -3.66. The topological polar surface area (TPSA) is 75.3 Å². The van der Waals surface area contributed by atoms with Crippen molar-refractivity contribution in [3.8, 4) is 0 Å². The van der Waals surface area contributed by atoms with Crippen LogP contribution in [0.3, 0.4) is 0 Å². The van der Waals surface area contributed by atoms with Crippen LogP contribution in [0.5, 0.6) is 0 Å². The van der Waals surface area contributed by atoms with Crippen molar-refractivity contribution in [1.29, 1.82) is 0 Å². The lowest BCUT2D eigenvalue weighted by atomic mass is 10.00. The van der Waals surface area contributed by atoms with Gasteiger partial charge in [0.1, 0.15) is 0 Å². The highest BCUT2D eigenvalue weighted by Crippen LogP contribution is 2.22. The first-order valence-corrected chi connectivity index (χ1v) is 8.45. The molecule has 1 aliphatic rings. The van der Waals surface area contributed by atoms with Crippen molar-refractivity contribution in [3.05, 3.63) is 59.2 Å². The van der Waals surface area contributed by atoms with Crippen LogP contribution in [-0.4, -0.2) is 20.9 Å².